The lowest BCUT2D eigenvalue weighted by atomic mass is 9.98. The fourth-order valence-corrected chi connectivity index (χ4v) is 7.85. The molecule has 0 amide bonds. The summed E-state index contributed by atoms with van der Waals surface area (Å²) in [4.78, 5) is 1.88. The summed E-state index contributed by atoms with van der Waals surface area (Å²) in [6, 6.07) is 57.9. The van der Waals surface area contributed by atoms with E-state index in [1.165, 1.54) is 0 Å². The Balaban J connectivity index is 1.08. The minimum absolute atomic E-state index is 0.0114. The van der Waals surface area contributed by atoms with Crippen molar-refractivity contribution in [2.45, 2.75) is 0 Å². The van der Waals surface area contributed by atoms with Gasteiger partial charge in [0, 0.05) is 38.6 Å². The Morgan fingerprint density at radius 3 is 1.53 bits per heavy atom. The van der Waals surface area contributed by atoms with Crippen LogP contribution in [0.15, 0.2) is 209 Å². The Bertz CT molecular complexity index is 3440. The highest BCUT2D eigenvalue weighted by Gasteiger charge is 2.16. The molecular formula is C52H33NO2. The Morgan fingerprint density at radius 2 is 0.873 bits per heavy atom. The van der Waals surface area contributed by atoms with Crippen LogP contribution in [0, 0.1) is 0 Å². The van der Waals surface area contributed by atoms with Crippen LogP contribution in [0.4, 0.5) is 17.1 Å². The summed E-state index contributed by atoms with van der Waals surface area (Å²) in [7, 11) is 0. The van der Waals surface area contributed by atoms with Crippen molar-refractivity contribution < 1.29 is 14.3 Å². The first-order chi connectivity index (χ1) is 28.9. The van der Waals surface area contributed by atoms with Crippen LogP contribution in [0.25, 0.3) is 88.0 Å². The first-order valence-corrected chi connectivity index (χ1v) is 18.3. The molecule has 258 valence electrons. The molecule has 2 aromatic heterocycles. The van der Waals surface area contributed by atoms with E-state index in [-0.39, 0.29) is 35.4 Å². The zero-order chi connectivity index (χ0) is 39.8. The van der Waals surface area contributed by atoms with Gasteiger partial charge in [0.25, 0.3) is 0 Å². The molecule has 0 radical (unpaired) electrons. The topological polar surface area (TPSA) is 29.5 Å². The smallest absolute Gasteiger partial charge is 0.135 e. The minimum atomic E-state index is -0.252. The molecule has 9 aromatic carbocycles. The van der Waals surface area contributed by atoms with Gasteiger partial charge < -0.3 is 13.7 Å². The number of nitrogens with zero attached hydrogens (tertiary/aromatic N) is 1. The molecule has 0 N–H and O–H groups in total. The largest absolute Gasteiger partial charge is 0.456 e. The Labute approximate surface area is 323 Å². The number of hydrogen-bond donors (Lipinski definition) is 0. The van der Waals surface area contributed by atoms with E-state index in [2.05, 4.69) is 60.7 Å². The second-order valence-electron chi connectivity index (χ2n) is 13.8. The predicted molar refractivity (Wildman–Crippen MR) is 229 cm³/mol. The van der Waals surface area contributed by atoms with Crippen LogP contribution in [0.5, 0.6) is 0 Å². The molecule has 11 rings (SSSR count). The number of rotatable bonds is 6. The monoisotopic (exact) mass is 707 g/mol. The molecule has 2 heterocycles. The highest BCUT2D eigenvalue weighted by Crippen LogP contribution is 2.41. The molecule has 0 spiro atoms. The van der Waals surface area contributed by atoms with Gasteiger partial charge in [-0.25, -0.2) is 0 Å². The third-order valence-corrected chi connectivity index (χ3v) is 10.6. The van der Waals surface area contributed by atoms with Crippen LogP contribution in [0.3, 0.4) is 0 Å². The van der Waals surface area contributed by atoms with Crippen molar-refractivity contribution in [3.8, 4) is 33.4 Å². The van der Waals surface area contributed by atoms with E-state index in [0.717, 1.165) is 77.0 Å². The van der Waals surface area contributed by atoms with Gasteiger partial charge in [-0.3, -0.25) is 0 Å². The number of para-hydroxylation sites is 2. The van der Waals surface area contributed by atoms with Crippen LogP contribution < -0.4 is 4.90 Å². The SMILES string of the molecule is [2H]c1c([2H])c(-c2ccc3oc4ccccc4c3c2)c([2H])c(N(c2ccc(-c3ccc4oc5ccccc5c4c3)cc2)c2ccc(-c3cccc4ccccc34)cc2)c1[2H]. The minimum Gasteiger partial charge on any atom is -0.456 e. The zero-order valence-corrected chi connectivity index (χ0v) is 29.5. The van der Waals surface area contributed by atoms with Crippen molar-refractivity contribution in [1.29, 1.82) is 0 Å². The number of furan rings is 2. The van der Waals surface area contributed by atoms with Crippen LogP contribution >= 0.6 is 0 Å². The second kappa shape index (κ2) is 12.6. The van der Waals surface area contributed by atoms with Gasteiger partial charge in [0.15, 0.2) is 0 Å². The van der Waals surface area contributed by atoms with Gasteiger partial charge in [-0.15, -0.1) is 0 Å². The van der Waals surface area contributed by atoms with Crippen molar-refractivity contribution in [2.75, 3.05) is 4.90 Å². The molecule has 0 aliphatic carbocycles. The fourth-order valence-electron chi connectivity index (χ4n) is 7.85. The second-order valence-corrected chi connectivity index (χ2v) is 13.8. The maximum Gasteiger partial charge on any atom is 0.135 e. The van der Waals surface area contributed by atoms with Crippen molar-refractivity contribution in [1.82, 2.24) is 0 Å². The maximum atomic E-state index is 9.80. The molecule has 0 saturated heterocycles. The van der Waals surface area contributed by atoms with Gasteiger partial charge in [0.2, 0.25) is 0 Å². The first-order valence-electron chi connectivity index (χ1n) is 20.3. The third-order valence-electron chi connectivity index (χ3n) is 10.6. The Hall–Kier alpha value is -7.36. The molecule has 0 fully saturated rings. The molecule has 3 nitrogen and oxygen atoms in total. The Morgan fingerprint density at radius 1 is 0.364 bits per heavy atom. The van der Waals surface area contributed by atoms with E-state index in [1.807, 2.05) is 120 Å². The molecule has 55 heavy (non-hydrogen) atoms. The summed E-state index contributed by atoms with van der Waals surface area (Å²) in [5, 5.41) is 6.19. The summed E-state index contributed by atoms with van der Waals surface area (Å²) in [6.07, 6.45) is 0. The molecule has 0 aliphatic heterocycles. The molecular weight excluding hydrogens is 671 g/mol. The average Bonchev–Trinajstić information content (AvgIpc) is 3.85. The summed E-state index contributed by atoms with van der Waals surface area (Å²) in [5.74, 6) is 0. The molecule has 11 aromatic rings. The fraction of sp³-hybridized carbons (Fsp3) is 0. The van der Waals surface area contributed by atoms with Crippen LogP contribution in [0.2, 0.25) is 0 Å². The summed E-state index contributed by atoms with van der Waals surface area (Å²) in [5.41, 5.74) is 9.82. The average molecular weight is 708 g/mol. The number of hydrogen-bond acceptors (Lipinski definition) is 3. The molecule has 0 unspecified atom stereocenters. The van der Waals surface area contributed by atoms with Crippen molar-refractivity contribution in [3.63, 3.8) is 0 Å². The Kier molecular flexibility index (Phi) is 6.27. The van der Waals surface area contributed by atoms with E-state index in [9.17, 15) is 2.74 Å². The van der Waals surface area contributed by atoms with Crippen molar-refractivity contribution in [3.05, 3.63) is 200 Å². The van der Waals surface area contributed by atoms with E-state index >= 15 is 0 Å². The van der Waals surface area contributed by atoms with Crippen LogP contribution in [0.1, 0.15) is 5.48 Å². The summed E-state index contributed by atoms with van der Waals surface area (Å²) in [6.45, 7) is 0. The van der Waals surface area contributed by atoms with Gasteiger partial charge in [-0.1, -0.05) is 127 Å². The number of anilines is 3. The molecule has 0 bridgehead atoms. The van der Waals surface area contributed by atoms with Crippen molar-refractivity contribution in [2.24, 2.45) is 0 Å². The summed E-state index contributed by atoms with van der Waals surface area (Å²) < 4.78 is 49.6. The van der Waals surface area contributed by atoms with Crippen LogP contribution in [-0.2, 0) is 0 Å². The van der Waals surface area contributed by atoms with Crippen molar-refractivity contribution >= 4 is 71.7 Å². The van der Waals surface area contributed by atoms with E-state index in [1.54, 1.807) is 0 Å². The van der Waals surface area contributed by atoms with Gasteiger partial charge in [-0.05, 0) is 117 Å². The lowest BCUT2D eigenvalue weighted by molar-refractivity contribution is 0.668. The lowest BCUT2D eigenvalue weighted by Gasteiger charge is -2.26. The normalized spacial score (nSPS) is 12.7. The van der Waals surface area contributed by atoms with E-state index < -0.39 is 0 Å². The summed E-state index contributed by atoms with van der Waals surface area (Å²) >= 11 is 0. The van der Waals surface area contributed by atoms with Gasteiger partial charge >= 0.3 is 0 Å². The molecule has 0 aliphatic rings. The van der Waals surface area contributed by atoms with Crippen LogP contribution in [-0.4, -0.2) is 0 Å². The highest BCUT2D eigenvalue weighted by atomic mass is 16.3. The highest BCUT2D eigenvalue weighted by molar-refractivity contribution is 6.07. The lowest BCUT2D eigenvalue weighted by Crippen LogP contribution is -2.10. The van der Waals surface area contributed by atoms with E-state index in [4.69, 9.17) is 11.6 Å². The first kappa shape index (κ1) is 27.3. The molecule has 3 heteroatoms. The molecule has 0 saturated carbocycles. The van der Waals surface area contributed by atoms with Gasteiger partial charge in [-0.2, -0.15) is 0 Å². The zero-order valence-electron chi connectivity index (χ0n) is 33.5. The number of fused-ring (bicyclic) bond motifs is 7. The van der Waals surface area contributed by atoms with Gasteiger partial charge in [0.05, 0.1) is 5.48 Å². The standard InChI is InChI=1S/C52H33NO2/c1-2-13-43-35(9-1)10-8-16-44(43)36-21-27-41(28-22-36)53(40-25-19-34(20-26-40)38-23-29-51-47(32-38)45-14-3-5-17-49(45)54-51)42-12-7-11-37(31-42)39-24-30-52-48(33-39)46-15-4-6-18-50(46)55-52/h1-33H/i7D,11D,12D,31D. The van der Waals surface area contributed by atoms with Gasteiger partial charge in [0.1, 0.15) is 22.3 Å². The quantitative estimate of drug-likeness (QED) is 0.172. The number of benzene rings is 9. The predicted octanol–water partition coefficient (Wildman–Crippen LogP) is 15.1. The third kappa shape index (κ3) is 5.36. The molecule has 0 atom stereocenters. The maximum absolute atomic E-state index is 9.80. The van der Waals surface area contributed by atoms with E-state index in [0.29, 0.717) is 16.8 Å².